The van der Waals surface area contributed by atoms with E-state index >= 15 is 0 Å². The van der Waals surface area contributed by atoms with Crippen LogP contribution < -0.4 is 4.72 Å². The van der Waals surface area contributed by atoms with E-state index in [1.165, 1.54) is 0 Å². The Bertz CT molecular complexity index is 681. The third-order valence-electron chi connectivity index (χ3n) is 5.77. The van der Waals surface area contributed by atoms with Crippen molar-refractivity contribution >= 4 is 20.0 Å². The average Bonchev–Trinajstić information content (AvgIpc) is 3.37. The lowest BCUT2D eigenvalue weighted by molar-refractivity contribution is 0.148. The summed E-state index contributed by atoms with van der Waals surface area (Å²) in [6.07, 6.45) is 2.83. The Morgan fingerprint density at radius 3 is 2.09 bits per heavy atom. The summed E-state index contributed by atoms with van der Waals surface area (Å²) in [6.45, 7) is 5.27. The molecule has 9 heteroatoms. The Labute approximate surface area is 139 Å². The number of piperazine rings is 1. The van der Waals surface area contributed by atoms with Gasteiger partial charge in [-0.1, -0.05) is 0 Å². The first-order valence-electron chi connectivity index (χ1n) is 8.20. The van der Waals surface area contributed by atoms with Crippen molar-refractivity contribution < 1.29 is 16.8 Å². The predicted octanol–water partition coefficient (Wildman–Crippen LogP) is -0.0434. The van der Waals surface area contributed by atoms with Crippen molar-refractivity contribution in [1.82, 2.24) is 13.9 Å². The van der Waals surface area contributed by atoms with Gasteiger partial charge in [-0.2, -0.15) is 4.31 Å². The summed E-state index contributed by atoms with van der Waals surface area (Å²) in [5.41, 5.74) is 0. The molecule has 134 valence electrons. The molecule has 1 saturated heterocycles. The second-order valence-electron chi connectivity index (χ2n) is 7.75. The molecule has 0 aromatic rings. The van der Waals surface area contributed by atoms with E-state index in [0.717, 1.165) is 12.8 Å². The van der Waals surface area contributed by atoms with Crippen LogP contribution in [0.15, 0.2) is 0 Å². The van der Waals surface area contributed by atoms with Gasteiger partial charge < -0.3 is 0 Å². The Balaban J connectivity index is 1.65. The van der Waals surface area contributed by atoms with Crippen LogP contribution in [0.4, 0.5) is 0 Å². The normalized spacial score (nSPS) is 31.0. The first kappa shape index (κ1) is 17.6. The molecule has 23 heavy (non-hydrogen) atoms. The largest absolute Gasteiger partial charge is 0.299 e. The highest BCUT2D eigenvalue weighted by atomic mass is 32.2. The molecule has 1 aliphatic heterocycles. The van der Waals surface area contributed by atoms with Gasteiger partial charge in [-0.15, -0.1) is 0 Å². The van der Waals surface area contributed by atoms with Crippen LogP contribution in [0.3, 0.4) is 0 Å². The topological polar surface area (TPSA) is 86.8 Å². The number of nitrogens with one attached hydrogen (secondary N) is 1. The van der Waals surface area contributed by atoms with E-state index in [0.29, 0.717) is 32.5 Å². The second-order valence-corrected chi connectivity index (χ2v) is 12.5. The number of rotatable bonds is 6. The van der Waals surface area contributed by atoms with Gasteiger partial charge in [0, 0.05) is 32.2 Å². The summed E-state index contributed by atoms with van der Waals surface area (Å²) < 4.78 is 52.8. The zero-order valence-electron chi connectivity index (χ0n) is 14.1. The zero-order valence-corrected chi connectivity index (χ0v) is 15.7. The first-order valence-corrected chi connectivity index (χ1v) is 11.1. The van der Waals surface area contributed by atoms with E-state index in [2.05, 4.69) is 4.72 Å². The maximum atomic E-state index is 12.7. The maximum absolute atomic E-state index is 12.7. The molecule has 0 aromatic heterocycles. The molecule has 7 nitrogen and oxygen atoms in total. The summed E-state index contributed by atoms with van der Waals surface area (Å²) in [5.74, 6) is 0. The lowest BCUT2D eigenvalue weighted by Gasteiger charge is -2.40. The molecule has 0 spiro atoms. The molecule has 2 aliphatic carbocycles. The van der Waals surface area contributed by atoms with Crippen molar-refractivity contribution in [3.05, 3.63) is 0 Å². The van der Waals surface area contributed by atoms with E-state index in [1.54, 1.807) is 18.2 Å². The number of hydrogen-bond acceptors (Lipinski definition) is 5. The number of nitrogens with zero attached hydrogens (tertiary/aromatic N) is 2. The Hall–Kier alpha value is -0.220. The second kappa shape index (κ2) is 5.39. The average molecular weight is 366 g/mol. The predicted molar refractivity (Wildman–Crippen MR) is 89.1 cm³/mol. The molecule has 1 unspecified atom stereocenters. The van der Waals surface area contributed by atoms with Crippen LogP contribution in [0, 0.1) is 0 Å². The van der Waals surface area contributed by atoms with Gasteiger partial charge in [0.2, 0.25) is 20.0 Å². The third kappa shape index (κ3) is 3.06. The lowest BCUT2D eigenvalue weighted by atomic mass is 10.2. The van der Waals surface area contributed by atoms with Crippen LogP contribution in [0.5, 0.6) is 0 Å². The van der Waals surface area contributed by atoms with Crippen LogP contribution in [-0.2, 0) is 20.0 Å². The molecule has 3 fully saturated rings. The molecule has 0 aromatic carbocycles. The molecule has 0 bridgehead atoms. The van der Waals surface area contributed by atoms with Gasteiger partial charge >= 0.3 is 0 Å². The fraction of sp³-hybridized carbons (Fsp3) is 1.00. The van der Waals surface area contributed by atoms with Gasteiger partial charge in [0.15, 0.2) is 0 Å². The monoisotopic (exact) mass is 365 g/mol. The highest BCUT2D eigenvalue weighted by molar-refractivity contribution is 7.91. The van der Waals surface area contributed by atoms with Crippen LogP contribution in [-0.4, -0.2) is 74.8 Å². The molecular weight excluding hydrogens is 338 g/mol. The minimum absolute atomic E-state index is 0.127. The van der Waals surface area contributed by atoms with Gasteiger partial charge in [-0.25, -0.2) is 21.6 Å². The summed E-state index contributed by atoms with van der Waals surface area (Å²) in [5, 5.41) is 0. The SMILES string of the molecule is CN1CCN(S(=O)(=O)C2(C)CC2)CC1CNS(=O)(=O)C1(C)CC1. The minimum atomic E-state index is -3.32. The minimum Gasteiger partial charge on any atom is -0.299 e. The van der Waals surface area contributed by atoms with Crippen molar-refractivity contribution in [3.8, 4) is 0 Å². The number of hydrogen-bond donors (Lipinski definition) is 1. The molecule has 1 N–H and O–H groups in total. The summed E-state index contributed by atoms with van der Waals surface area (Å²) in [7, 11) is -4.69. The molecule has 1 heterocycles. The molecule has 0 radical (unpaired) electrons. The molecule has 2 saturated carbocycles. The molecular formula is C14H27N3O4S2. The van der Waals surface area contributed by atoms with Crippen molar-refractivity contribution in [2.75, 3.05) is 33.2 Å². The summed E-state index contributed by atoms with van der Waals surface area (Å²) in [4.78, 5) is 2.04. The third-order valence-corrected chi connectivity index (χ3v) is 10.7. The van der Waals surface area contributed by atoms with E-state index in [1.807, 2.05) is 11.9 Å². The Kier molecular flexibility index (Phi) is 4.12. The maximum Gasteiger partial charge on any atom is 0.219 e. The zero-order chi connectivity index (χ0) is 17.1. The van der Waals surface area contributed by atoms with Crippen LogP contribution in [0.2, 0.25) is 0 Å². The summed E-state index contributed by atoms with van der Waals surface area (Å²) >= 11 is 0. The Morgan fingerprint density at radius 2 is 1.57 bits per heavy atom. The van der Waals surface area contributed by atoms with Crippen molar-refractivity contribution in [2.24, 2.45) is 0 Å². The number of likely N-dealkylation sites (N-methyl/N-ethyl adjacent to an activating group) is 1. The number of sulfonamides is 2. The van der Waals surface area contributed by atoms with Crippen molar-refractivity contribution in [1.29, 1.82) is 0 Å². The molecule has 3 aliphatic rings. The van der Waals surface area contributed by atoms with Gasteiger partial charge in [0.1, 0.15) is 0 Å². The van der Waals surface area contributed by atoms with Gasteiger partial charge in [-0.3, -0.25) is 4.90 Å². The van der Waals surface area contributed by atoms with E-state index in [4.69, 9.17) is 0 Å². The standard InChI is InChI=1S/C14H27N3O4S2/c1-13(4-5-13)22(18,19)15-10-12-11-17(9-8-16(12)3)23(20,21)14(2)6-7-14/h12,15H,4-11H2,1-3H3. The highest BCUT2D eigenvalue weighted by Crippen LogP contribution is 2.45. The Morgan fingerprint density at radius 1 is 1.00 bits per heavy atom. The van der Waals surface area contributed by atoms with Gasteiger partial charge in [0.25, 0.3) is 0 Å². The van der Waals surface area contributed by atoms with Gasteiger partial charge in [0.05, 0.1) is 9.49 Å². The van der Waals surface area contributed by atoms with Crippen LogP contribution >= 0.6 is 0 Å². The fourth-order valence-electron chi connectivity index (χ4n) is 2.93. The van der Waals surface area contributed by atoms with Crippen molar-refractivity contribution in [3.63, 3.8) is 0 Å². The van der Waals surface area contributed by atoms with Crippen molar-refractivity contribution in [2.45, 2.75) is 55.1 Å². The van der Waals surface area contributed by atoms with Gasteiger partial charge in [-0.05, 0) is 46.6 Å². The van der Waals surface area contributed by atoms with E-state index < -0.39 is 29.5 Å². The molecule has 1 atom stereocenters. The van der Waals surface area contributed by atoms with Crippen LogP contribution in [0.1, 0.15) is 39.5 Å². The van der Waals surface area contributed by atoms with E-state index in [9.17, 15) is 16.8 Å². The summed E-state index contributed by atoms with van der Waals surface area (Å²) in [6, 6.07) is -0.127. The molecule has 0 amide bonds. The highest BCUT2D eigenvalue weighted by Gasteiger charge is 2.54. The lowest BCUT2D eigenvalue weighted by Crippen LogP contribution is -2.58. The first-order chi connectivity index (χ1) is 10.5. The van der Waals surface area contributed by atoms with E-state index in [-0.39, 0.29) is 12.6 Å². The fourth-order valence-corrected chi connectivity index (χ4v) is 6.26. The smallest absolute Gasteiger partial charge is 0.219 e. The quantitative estimate of drug-likeness (QED) is 0.714. The van der Waals surface area contributed by atoms with Crippen LogP contribution in [0.25, 0.3) is 0 Å². The molecule has 3 rings (SSSR count).